The van der Waals surface area contributed by atoms with Gasteiger partial charge >= 0.3 is 0 Å². The average Bonchev–Trinajstić information content (AvgIpc) is 2.92. The van der Waals surface area contributed by atoms with Crippen LogP contribution in [0, 0.1) is 13.8 Å². The number of carbonyl (C=O) groups excluding carboxylic acids is 1. The van der Waals surface area contributed by atoms with E-state index in [1.165, 1.54) is 4.88 Å². The van der Waals surface area contributed by atoms with Crippen molar-refractivity contribution in [3.05, 3.63) is 50.7 Å². The Labute approximate surface area is 156 Å². The lowest BCUT2D eigenvalue weighted by atomic mass is 10.2. The molecule has 0 aliphatic carbocycles. The van der Waals surface area contributed by atoms with Crippen molar-refractivity contribution in [2.45, 2.75) is 33.9 Å². The Morgan fingerprint density at radius 3 is 2.88 bits per heavy atom. The van der Waals surface area contributed by atoms with Crippen molar-refractivity contribution in [1.82, 2.24) is 4.90 Å². The van der Waals surface area contributed by atoms with Crippen LogP contribution in [0.2, 0.25) is 0 Å². The van der Waals surface area contributed by atoms with Crippen LogP contribution in [0.5, 0.6) is 0 Å². The summed E-state index contributed by atoms with van der Waals surface area (Å²) in [6.45, 7) is 9.23. The Morgan fingerprint density at radius 2 is 2.16 bits per heavy atom. The van der Waals surface area contributed by atoms with Gasteiger partial charge in [0.05, 0.1) is 10.8 Å². The molecule has 1 aliphatic heterocycles. The van der Waals surface area contributed by atoms with Gasteiger partial charge in [-0.3, -0.25) is 4.79 Å². The van der Waals surface area contributed by atoms with Crippen LogP contribution < -0.4 is 15.2 Å². The predicted molar refractivity (Wildman–Crippen MR) is 107 cm³/mol. The van der Waals surface area contributed by atoms with Crippen LogP contribution in [-0.2, 0) is 4.79 Å². The summed E-state index contributed by atoms with van der Waals surface area (Å²) in [5.74, 6) is 0.406. The van der Waals surface area contributed by atoms with E-state index < -0.39 is 0 Å². The molecule has 0 spiro atoms. The van der Waals surface area contributed by atoms with E-state index in [2.05, 4.69) is 37.1 Å². The van der Waals surface area contributed by atoms with E-state index in [0.29, 0.717) is 5.75 Å². The van der Waals surface area contributed by atoms with Gasteiger partial charge in [-0.25, -0.2) is 4.99 Å². The van der Waals surface area contributed by atoms with Crippen molar-refractivity contribution in [2.75, 3.05) is 17.6 Å². The summed E-state index contributed by atoms with van der Waals surface area (Å²) in [4.78, 5) is 20.7. The number of benzene rings is 1. The van der Waals surface area contributed by atoms with E-state index in [9.17, 15) is 4.79 Å². The third-order valence-corrected chi connectivity index (χ3v) is 6.16. The molecule has 0 radical (unpaired) electrons. The van der Waals surface area contributed by atoms with E-state index >= 15 is 0 Å². The Kier molecular flexibility index (Phi) is 5.49. The predicted octanol–water partition coefficient (Wildman–Crippen LogP) is 3.10. The minimum atomic E-state index is 0.0165. The Hall–Kier alpha value is -1.79. The highest BCUT2D eigenvalue weighted by atomic mass is 32.2. The normalized spacial score (nSPS) is 16.4. The monoisotopic (exact) mass is 373 g/mol. The first-order valence-corrected chi connectivity index (χ1v) is 10.2. The summed E-state index contributed by atoms with van der Waals surface area (Å²) in [7, 11) is 0. The van der Waals surface area contributed by atoms with Crippen molar-refractivity contribution >= 4 is 39.7 Å². The lowest BCUT2D eigenvalue weighted by Crippen LogP contribution is -2.42. The first-order chi connectivity index (χ1) is 12.0. The fourth-order valence-corrected chi connectivity index (χ4v) is 5.05. The van der Waals surface area contributed by atoms with Gasteiger partial charge < -0.3 is 10.2 Å². The Bertz CT molecular complexity index is 904. The topological polar surface area (TPSA) is 44.7 Å². The number of anilines is 1. The van der Waals surface area contributed by atoms with Crippen LogP contribution in [-0.4, -0.2) is 29.3 Å². The number of fused-ring (bicyclic) bond motifs is 1. The first kappa shape index (κ1) is 18.0. The van der Waals surface area contributed by atoms with Crippen molar-refractivity contribution in [3.63, 3.8) is 0 Å². The average molecular weight is 374 g/mol. The fourth-order valence-electron chi connectivity index (χ4n) is 2.94. The molecule has 1 atom stereocenters. The number of rotatable bonds is 5. The zero-order valence-corrected chi connectivity index (χ0v) is 16.6. The van der Waals surface area contributed by atoms with E-state index in [4.69, 9.17) is 4.99 Å². The molecule has 2 heterocycles. The Morgan fingerprint density at radius 1 is 1.36 bits per heavy atom. The first-order valence-electron chi connectivity index (χ1n) is 8.42. The van der Waals surface area contributed by atoms with Gasteiger partial charge in [-0.1, -0.05) is 23.9 Å². The number of carbonyl (C=O) groups is 1. The highest BCUT2D eigenvalue weighted by Crippen LogP contribution is 2.25. The number of nitrogens with zero attached hydrogens (tertiary/aromatic N) is 2. The molecule has 0 fully saturated rings. The van der Waals surface area contributed by atoms with Crippen LogP contribution >= 0.6 is 23.1 Å². The molecule has 25 heavy (non-hydrogen) atoms. The van der Waals surface area contributed by atoms with Gasteiger partial charge in [-0.15, -0.1) is 11.3 Å². The van der Waals surface area contributed by atoms with Crippen LogP contribution in [0.15, 0.2) is 35.3 Å². The lowest BCUT2D eigenvalue weighted by molar-refractivity contribution is -0.113. The zero-order chi connectivity index (χ0) is 18.0. The van der Waals surface area contributed by atoms with Gasteiger partial charge in [0, 0.05) is 22.3 Å². The van der Waals surface area contributed by atoms with Gasteiger partial charge in [0.2, 0.25) is 5.91 Å². The van der Waals surface area contributed by atoms with Crippen LogP contribution in [0.4, 0.5) is 5.69 Å². The number of hydrogen-bond donors (Lipinski definition) is 1. The molecule has 6 heteroatoms. The molecule has 1 aromatic heterocycles. The molecular weight excluding hydrogens is 350 g/mol. The summed E-state index contributed by atoms with van der Waals surface area (Å²) < 4.78 is 1.08. The SMILES string of the molecule is CCN1C(SCC(=O)Nc2cccc(C)c2)=c2cc(C)sc2=NC1C. The zero-order valence-electron chi connectivity index (χ0n) is 15.0. The van der Waals surface area contributed by atoms with Gasteiger partial charge in [-0.05, 0) is 51.5 Å². The third-order valence-electron chi connectivity index (χ3n) is 4.06. The van der Waals surface area contributed by atoms with Crippen LogP contribution in [0.1, 0.15) is 24.3 Å². The number of aryl methyl sites for hydroxylation is 2. The maximum atomic E-state index is 12.4. The van der Waals surface area contributed by atoms with Gasteiger partial charge in [-0.2, -0.15) is 0 Å². The summed E-state index contributed by atoms with van der Waals surface area (Å²) in [6.07, 6.45) is 0.109. The van der Waals surface area contributed by atoms with Crippen molar-refractivity contribution < 1.29 is 4.79 Å². The second-order valence-corrected chi connectivity index (χ2v) is 8.33. The second kappa shape index (κ2) is 7.62. The molecule has 132 valence electrons. The fraction of sp³-hybridized carbons (Fsp3) is 0.368. The molecule has 1 amide bonds. The quantitative estimate of drug-likeness (QED) is 0.876. The molecule has 1 N–H and O–H groups in total. The molecular formula is C19H23N3OS2. The smallest absolute Gasteiger partial charge is 0.234 e. The summed E-state index contributed by atoms with van der Waals surface area (Å²) in [6, 6.07) is 10.1. The van der Waals surface area contributed by atoms with Gasteiger partial charge in [0.25, 0.3) is 0 Å². The number of thioether (sulfide) groups is 1. The molecule has 1 unspecified atom stereocenters. The van der Waals surface area contributed by atoms with Crippen molar-refractivity contribution in [3.8, 4) is 0 Å². The lowest BCUT2D eigenvalue weighted by Gasteiger charge is -2.31. The van der Waals surface area contributed by atoms with Gasteiger partial charge in [0.1, 0.15) is 10.8 Å². The number of hydrogen-bond acceptors (Lipinski definition) is 5. The number of nitrogens with one attached hydrogen (secondary N) is 1. The summed E-state index contributed by atoms with van der Waals surface area (Å²) in [5.41, 5.74) is 1.99. The molecule has 1 aliphatic rings. The van der Waals surface area contributed by atoms with Gasteiger partial charge in [0.15, 0.2) is 0 Å². The molecule has 0 saturated heterocycles. The van der Waals surface area contributed by atoms with Crippen LogP contribution in [0.3, 0.4) is 0 Å². The largest absolute Gasteiger partial charge is 0.344 e. The molecule has 3 rings (SSSR count). The van der Waals surface area contributed by atoms with E-state index in [0.717, 1.165) is 32.7 Å². The van der Waals surface area contributed by atoms with Crippen molar-refractivity contribution in [2.24, 2.45) is 4.99 Å². The number of amides is 1. The van der Waals surface area contributed by atoms with Crippen LogP contribution in [0.25, 0.3) is 5.03 Å². The summed E-state index contributed by atoms with van der Waals surface area (Å²) in [5, 5.41) is 5.30. The molecule has 4 nitrogen and oxygen atoms in total. The highest BCUT2D eigenvalue weighted by Gasteiger charge is 2.21. The molecule has 2 aromatic rings. The number of thiophene rings is 1. The molecule has 0 bridgehead atoms. The second-order valence-electron chi connectivity index (χ2n) is 6.13. The highest BCUT2D eigenvalue weighted by molar-refractivity contribution is 8.08. The van der Waals surface area contributed by atoms with E-state index in [1.54, 1.807) is 23.1 Å². The molecule has 0 saturated carbocycles. The standard InChI is InChI=1S/C19H23N3OS2/c1-5-22-14(4)20-18-16(10-13(3)25-18)19(22)24-11-17(23)21-15-8-6-7-12(2)9-15/h6-10,14H,5,11H2,1-4H3,(H,21,23). The minimum absolute atomic E-state index is 0.0165. The Balaban J connectivity index is 1.78. The van der Waals surface area contributed by atoms with E-state index in [1.807, 2.05) is 31.2 Å². The van der Waals surface area contributed by atoms with E-state index in [-0.39, 0.29) is 12.1 Å². The summed E-state index contributed by atoms with van der Waals surface area (Å²) >= 11 is 3.32. The minimum Gasteiger partial charge on any atom is -0.344 e. The third kappa shape index (κ3) is 4.07. The maximum Gasteiger partial charge on any atom is 0.234 e. The van der Waals surface area contributed by atoms with Crippen molar-refractivity contribution in [1.29, 1.82) is 0 Å². The molecule has 1 aromatic carbocycles. The maximum absolute atomic E-state index is 12.4.